The summed E-state index contributed by atoms with van der Waals surface area (Å²) in [5.74, 6) is 1.30. The van der Waals surface area contributed by atoms with Gasteiger partial charge in [0.1, 0.15) is 11.6 Å². The lowest BCUT2D eigenvalue weighted by atomic mass is 10.2. The molecule has 0 spiro atoms. The van der Waals surface area contributed by atoms with Gasteiger partial charge in [-0.25, -0.2) is 9.37 Å². The highest BCUT2D eigenvalue weighted by atomic mass is 19.1. The molecule has 0 amide bonds. The lowest BCUT2D eigenvalue weighted by Crippen LogP contribution is -2.00. The Balaban J connectivity index is 2.01. The van der Waals surface area contributed by atoms with E-state index in [9.17, 15) is 4.39 Å². The third-order valence-electron chi connectivity index (χ3n) is 3.61. The van der Waals surface area contributed by atoms with E-state index in [4.69, 9.17) is 4.74 Å². The zero-order valence-corrected chi connectivity index (χ0v) is 13.2. The molecule has 0 fully saturated rings. The van der Waals surface area contributed by atoms with Crippen molar-refractivity contribution in [1.82, 2.24) is 15.0 Å². The first-order valence-electron chi connectivity index (χ1n) is 7.24. The fourth-order valence-corrected chi connectivity index (χ4v) is 2.12. The summed E-state index contributed by atoms with van der Waals surface area (Å²) in [6.07, 6.45) is 3.40. The molecule has 0 bridgehead atoms. The van der Waals surface area contributed by atoms with Crippen LogP contribution in [0.3, 0.4) is 0 Å². The van der Waals surface area contributed by atoms with Crippen LogP contribution in [0.25, 0.3) is 11.4 Å². The first-order chi connectivity index (χ1) is 11.0. The minimum Gasteiger partial charge on any atom is -0.439 e. The number of halogens is 1. The maximum absolute atomic E-state index is 13.4. The lowest BCUT2D eigenvalue weighted by Gasteiger charge is -2.12. The second-order valence-electron chi connectivity index (χ2n) is 5.32. The van der Waals surface area contributed by atoms with Crippen LogP contribution in [0.1, 0.15) is 16.8 Å². The van der Waals surface area contributed by atoms with Crippen LogP contribution >= 0.6 is 0 Å². The first-order valence-corrected chi connectivity index (χ1v) is 7.24. The van der Waals surface area contributed by atoms with E-state index >= 15 is 0 Å². The average Bonchev–Trinajstić information content (AvgIpc) is 2.56. The number of rotatable bonds is 3. The third kappa shape index (κ3) is 3.18. The number of hydrogen-bond donors (Lipinski definition) is 0. The van der Waals surface area contributed by atoms with Crippen LogP contribution in [0.15, 0.2) is 42.7 Å². The summed E-state index contributed by atoms with van der Waals surface area (Å²) in [5, 5.41) is 0. The van der Waals surface area contributed by atoms with Crippen LogP contribution in [0.2, 0.25) is 0 Å². The molecule has 5 heteroatoms. The molecule has 4 nitrogen and oxygen atoms in total. The Bertz CT molecular complexity index is 850. The summed E-state index contributed by atoms with van der Waals surface area (Å²) >= 11 is 0. The molecule has 0 saturated carbocycles. The smallest absolute Gasteiger partial charge is 0.226 e. The summed E-state index contributed by atoms with van der Waals surface area (Å²) in [7, 11) is 0. The van der Waals surface area contributed by atoms with Crippen molar-refractivity contribution in [2.45, 2.75) is 20.8 Å². The van der Waals surface area contributed by atoms with Gasteiger partial charge < -0.3 is 4.74 Å². The summed E-state index contributed by atoms with van der Waals surface area (Å²) in [4.78, 5) is 13.1. The van der Waals surface area contributed by atoms with E-state index in [-0.39, 0.29) is 5.82 Å². The highest BCUT2D eigenvalue weighted by Gasteiger charge is 2.12. The van der Waals surface area contributed by atoms with Crippen LogP contribution in [0, 0.1) is 26.6 Å². The molecule has 0 saturated heterocycles. The molecule has 0 aliphatic carbocycles. The van der Waals surface area contributed by atoms with Crippen molar-refractivity contribution >= 4 is 0 Å². The van der Waals surface area contributed by atoms with Crippen LogP contribution in [0.4, 0.5) is 4.39 Å². The summed E-state index contributed by atoms with van der Waals surface area (Å²) < 4.78 is 19.2. The number of hydrogen-bond acceptors (Lipinski definition) is 4. The van der Waals surface area contributed by atoms with Gasteiger partial charge in [0, 0.05) is 29.2 Å². The Hall–Kier alpha value is -2.82. The summed E-state index contributed by atoms with van der Waals surface area (Å²) in [6, 6.07) is 8.34. The second kappa shape index (κ2) is 6.12. The Morgan fingerprint density at radius 2 is 1.87 bits per heavy atom. The molecule has 116 valence electrons. The topological polar surface area (TPSA) is 47.9 Å². The number of pyridine rings is 1. The largest absolute Gasteiger partial charge is 0.439 e. The monoisotopic (exact) mass is 309 g/mol. The van der Waals surface area contributed by atoms with E-state index in [1.54, 1.807) is 31.5 Å². The SMILES string of the molecule is Cc1cc(Oc2nc(-c3cccnc3)nc(C)c2C)ccc1F. The second-order valence-corrected chi connectivity index (χ2v) is 5.32. The minimum atomic E-state index is -0.260. The number of nitrogens with zero attached hydrogens (tertiary/aromatic N) is 3. The molecule has 0 unspecified atom stereocenters. The molecule has 1 aromatic carbocycles. The van der Waals surface area contributed by atoms with Gasteiger partial charge in [-0.1, -0.05) is 0 Å². The van der Waals surface area contributed by atoms with Gasteiger partial charge in [0.25, 0.3) is 0 Å². The third-order valence-corrected chi connectivity index (χ3v) is 3.61. The predicted octanol–water partition coefficient (Wildman–Crippen LogP) is 4.40. The number of ether oxygens (including phenoxy) is 1. The molecule has 2 aromatic heterocycles. The maximum Gasteiger partial charge on any atom is 0.226 e. The molecule has 0 radical (unpaired) electrons. The highest BCUT2D eigenvalue weighted by Crippen LogP contribution is 2.28. The Kier molecular flexibility index (Phi) is 4.02. The van der Waals surface area contributed by atoms with E-state index < -0.39 is 0 Å². The lowest BCUT2D eigenvalue weighted by molar-refractivity contribution is 0.455. The van der Waals surface area contributed by atoms with E-state index in [0.29, 0.717) is 23.0 Å². The molecule has 0 N–H and O–H groups in total. The number of aryl methyl sites for hydroxylation is 2. The van der Waals surface area contributed by atoms with Gasteiger partial charge in [0.2, 0.25) is 5.88 Å². The van der Waals surface area contributed by atoms with Crippen molar-refractivity contribution in [2.75, 3.05) is 0 Å². The first kappa shape index (κ1) is 15.1. The molecule has 0 atom stereocenters. The Labute approximate surface area is 134 Å². The number of aromatic nitrogens is 3. The fourth-order valence-electron chi connectivity index (χ4n) is 2.12. The van der Waals surface area contributed by atoms with Crippen molar-refractivity contribution in [2.24, 2.45) is 0 Å². The van der Waals surface area contributed by atoms with Gasteiger partial charge in [0.15, 0.2) is 5.82 Å². The van der Waals surface area contributed by atoms with Crippen LogP contribution in [-0.2, 0) is 0 Å². The molecule has 0 aliphatic rings. The molecular formula is C18H16FN3O. The van der Waals surface area contributed by atoms with Gasteiger partial charge in [-0.2, -0.15) is 4.98 Å². The molecule has 3 rings (SSSR count). The molecule has 3 aromatic rings. The van der Waals surface area contributed by atoms with E-state index in [2.05, 4.69) is 15.0 Å². The van der Waals surface area contributed by atoms with Crippen molar-refractivity contribution in [3.63, 3.8) is 0 Å². The van der Waals surface area contributed by atoms with E-state index in [0.717, 1.165) is 16.8 Å². The fraction of sp³-hybridized carbons (Fsp3) is 0.167. The van der Waals surface area contributed by atoms with Crippen molar-refractivity contribution in [1.29, 1.82) is 0 Å². The Morgan fingerprint density at radius 3 is 2.57 bits per heavy atom. The standard InChI is InChI=1S/C18H16FN3O/c1-11-9-15(6-7-16(11)19)23-18-12(2)13(3)21-17(22-18)14-5-4-8-20-10-14/h4-10H,1-3H3. The maximum atomic E-state index is 13.4. The van der Waals surface area contributed by atoms with E-state index in [1.165, 1.54) is 6.07 Å². The summed E-state index contributed by atoms with van der Waals surface area (Å²) in [5.41, 5.74) is 3.02. The van der Waals surface area contributed by atoms with Crippen molar-refractivity contribution in [3.05, 3.63) is 65.4 Å². The van der Waals surface area contributed by atoms with Gasteiger partial charge in [-0.3, -0.25) is 4.98 Å². The molecule has 23 heavy (non-hydrogen) atoms. The van der Waals surface area contributed by atoms with E-state index in [1.807, 2.05) is 26.0 Å². The van der Waals surface area contributed by atoms with Crippen molar-refractivity contribution < 1.29 is 9.13 Å². The number of benzene rings is 1. The molecule has 0 aliphatic heterocycles. The van der Waals surface area contributed by atoms with Gasteiger partial charge in [-0.15, -0.1) is 0 Å². The normalized spacial score (nSPS) is 10.6. The van der Waals surface area contributed by atoms with Gasteiger partial charge >= 0.3 is 0 Å². The minimum absolute atomic E-state index is 0.260. The zero-order chi connectivity index (χ0) is 16.4. The predicted molar refractivity (Wildman–Crippen MR) is 85.9 cm³/mol. The molecule has 2 heterocycles. The van der Waals surface area contributed by atoms with Crippen LogP contribution in [-0.4, -0.2) is 15.0 Å². The Morgan fingerprint density at radius 1 is 1.04 bits per heavy atom. The van der Waals surface area contributed by atoms with Crippen LogP contribution in [0.5, 0.6) is 11.6 Å². The quantitative estimate of drug-likeness (QED) is 0.719. The zero-order valence-electron chi connectivity index (χ0n) is 13.2. The van der Waals surface area contributed by atoms with Crippen LogP contribution < -0.4 is 4.74 Å². The summed E-state index contributed by atoms with van der Waals surface area (Å²) in [6.45, 7) is 5.50. The van der Waals surface area contributed by atoms with Gasteiger partial charge in [0.05, 0.1) is 0 Å². The highest BCUT2D eigenvalue weighted by molar-refractivity contribution is 5.55. The van der Waals surface area contributed by atoms with Crippen molar-refractivity contribution in [3.8, 4) is 23.0 Å². The van der Waals surface area contributed by atoms with Gasteiger partial charge in [-0.05, 0) is 56.7 Å². The average molecular weight is 309 g/mol. The molecular weight excluding hydrogens is 293 g/mol.